The lowest BCUT2D eigenvalue weighted by atomic mass is 10.9. The van der Waals surface area contributed by atoms with E-state index in [1.54, 1.807) is 18.0 Å². The molecule has 0 saturated carbocycles. The van der Waals surface area contributed by atoms with Crippen LogP contribution in [0.3, 0.4) is 0 Å². The number of aryl methyl sites for hydroxylation is 1. The third-order valence-electron chi connectivity index (χ3n) is 1.69. The Morgan fingerprint density at radius 3 is 3.07 bits per heavy atom. The second kappa shape index (κ2) is 4.60. The molecule has 0 aromatic carbocycles. The summed E-state index contributed by atoms with van der Waals surface area (Å²) in [4.78, 5) is 4.20. The molecule has 2 heterocycles. The number of anilines is 1. The van der Waals surface area contributed by atoms with Gasteiger partial charge in [-0.05, 0) is 0 Å². The van der Waals surface area contributed by atoms with E-state index in [-0.39, 0.29) is 0 Å². The number of hydrogen-bond donors (Lipinski definition) is 2. The Labute approximate surface area is 94.9 Å². The third-order valence-corrected chi connectivity index (χ3v) is 3.80. The van der Waals surface area contributed by atoms with Crippen molar-refractivity contribution in [3.63, 3.8) is 0 Å². The Morgan fingerprint density at radius 1 is 1.60 bits per heavy atom. The van der Waals surface area contributed by atoms with Gasteiger partial charge < -0.3 is 4.57 Å². The Bertz CT molecular complexity index is 436. The van der Waals surface area contributed by atoms with Crippen LogP contribution >= 0.6 is 23.1 Å². The smallest absolute Gasteiger partial charge is 0.219 e. The van der Waals surface area contributed by atoms with Gasteiger partial charge in [0.15, 0.2) is 5.16 Å². The van der Waals surface area contributed by atoms with Gasteiger partial charge in [-0.25, -0.2) is 10.8 Å². The van der Waals surface area contributed by atoms with E-state index in [0.29, 0.717) is 5.13 Å². The average molecular weight is 242 g/mol. The van der Waals surface area contributed by atoms with Gasteiger partial charge in [0.25, 0.3) is 0 Å². The Balaban J connectivity index is 1.96. The molecule has 80 valence electrons. The first kappa shape index (κ1) is 10.4. The van der Waals surface area contributed by atoms with E-state index in [1.165, 1.54) is 11.3 Å². The van der Waals surface area contributed by atoms with Gasteiger partial charge in [0.1, 0.15) is 5.01 Å². The number of imidazole rings is 1. The third kappa shape index (κ3) is 2.46. The normalized spacial score (nSPS) is 10.5. The quantitative estimate of drug-likeness (QED) is 0.470. The summed E-state index contributed by atoms with van der Waals surface area (Å²) in [5, 5.41) is 10.4. The Morgan fingerprint density at radius 2 is 2.47 bits per heavy atom. The molecular weight excluding hydrogens is 232 g/mol. The molecular formula is C7H10N6S2. The lowest BCUT2D eigenvalue weighted by molar-refractivity contribution is 0.789. The van der Waals surface area contributed by atoms with E-state index in [2.05, 4.69) is 20.6 Å². The van der Waals surface area contributed by atoms with Gasteiger partial charge in [-0.1, -0.05) is 23.1 Å². The number of thioether (sulfide) groups is 1. The minimum atomic E-state index is 0.630. The number of nitrogens with one attached hydrogen (secondary N) is 1. The zero-order valence-corrected chi connectivity index (χ0v) is 9.68. The van der Waals surface area contributed by atoms with Crippen molar-refractivity contribution in [3.05, 3.63) is 17.4 Å². The molecule has 0 amide bonds. The summed E-state index contributed by atoms with van der Waals surface area (Å²) in [6.07, 6.45) is 3.69. The molecule has 0 spiro atoms. The van der Waals surface area contributed by atoms with Crippen LogP contribution < -0.4 is 11.3 Å². The molecule has 3 N–H and O–H groups in total. The zero-order valence-electron chi connectivity index (χ0n) is 8.04. The molecule has 0 atom stereocenters. The molecule has 0 aliphatic carbocycles. The van der Waals surface area contributed by atoms with E-state index >= 15 is 0 Å². The molecule has 2 aromatic rings. The molecule has 0 saturated heterocycles. The van der Waals surface area contributed by atoms with E-state index in [4.69, 9.17) is 5.84 Å². The Hall–Kier alpha value is -1.12. The van der Waals surface area contributed by atoms with Crippen molar-refractivity contribution in [1.82, 2.24) is 19.7 Å². The summed E-state index contributed by atoms with van der Waals surface area (Å²) in [5.74, 6) is 5.97. The predicted molar refractivity (Wildman–Crippen MR) is 60.5 cm³/mol. The maximum Gasteiger partial charge on any atom is 0.219 e. The number of aromatic nitrogens is 4. The zero-order chi connectivity index (χ0) is 10.7. The highest BCUT2D eigenvalue weighted by molar-refractivity contribution is 7.98. The van der Waals surface area contributed by atoms with Crippen molar-refractivity contribution >= 4 is 28.2 Å². The highest BCUT2D eigenvalue weighted by Crippen LogP contribution is 2.23. The SMILES string of the molecule is Cn1ccnc1SCc1nnc(NN)s1. The first-order valence-corrected chi connectivity index (χ1v) is 5.99. The lowest BCUT2D eigenvalue weighted by Crippen LogP contribution is -2.05. The highest BCUT2D eigenvalue weighted by Gasteiger charge is 2.05. The van der Waals surface area contributed by atoms with Crippen LogP contribution in [0.2, 0.25) is 0 Å². The summed E-state index contributed by atoms with van der Waals surface area (Å²) >= 11 is 3.07. The topological polar surface area (TPSA) is 81.7 Å². The standard InChI is InChI=1S/C7H10N6S2/c1-13-3-2-9-7(13)14-4-5-11-12-6(10-8)15-5/h2-3H,4,8H2,1H3,(H,10,12). The van der Waals surface area contributed by atoms with Gasteiger partial charge in [0.2, 0.25) is 5.13 Å². The summed E-state index contributed by atoms with van der Waals surface area (Å²) in [7, 11) is 1.96. The highest BCUT2D eigenvalue weighted by atomic mass is 32.2. The fraction of sp³-hybridized carbons (Fsp3) is 0.286. The number of nitrogen functional groups attached to an aromatic ring is 1. The molecule has 8 heteroatoms. The van der Waals surface area contributed by atoms with E-state index < -0.39 is 0 Å². The molecule has 0 aliphatic heterocycles. The monoisotopic (exact) mass is 242 g/mol. The first-order chi connectivity index (χ1) is 7.29. The van der Waals surface area contributed by atoms with Crippen molar-refractivity contribution in [3.8, 4) is 0 Å². The largest absolute Gasteiger partial charge is 0.329 e. The molecule has 15 heavy (non-hydrogen) atoms. The van der Waals surface area contributed by atoms with Crippen LogP contribution in [-0.2, 0) is 12.8 Å². The summed E-state index contributed by atoms with van der Waals surface area (Å²) < 4.78 is 1.97. The second-order valence-corrected chi connectivity index (χ2v) is 4.76. The molecule has 0 unspecified atom stereocenters. The minimum Gasteiger partial charge on any atom is -0.329 e. The molecule has 0 radical (unpaired) electrons. The van der Waals surface area contributed by atoms with Gasteiger partial charge in [-0.2, -0.15) is 0 Å². The maximum absolute atomic E-state index is 5.21. The van der Waals surface area contributed by atoms with Crippen LogP contribution in [-0.4, -0.2) is 19.7 Å². The van der Waals surface area contributed by atoms with Gasteiger partial charge in [-0.15, -0.1) is 10.2 Å². The maximum atomic E-state index is 5.21. The summed E-state index contributed by atoms with van der Waals surface area (Å²) in [6, 6.07) is 0. The fourth-order valence-corrected chi connectivity index (χ4v) is 2.56. The molecule has 2 rings (SSSR count). The van der Waals surface area contributed by atoms with Crippen molar-refractivity contribution in [2.24, 2.45) is 12.9 Å². The lowest BCUT2D eigenvalue weighted by Gasteiger charge is -1.97. The Kier molecular flexibility index (Phi) is 3.19. The number of nitrogens with two attached hydrogens (primary N) is 1. The van der Waals surface area contributed by atoms with Crippen LogP contribution in [0.15, 0.2) is 17.6 Å². The molecule has 2 aromatic heterocycles. The molecule has 0 fully saturated rings. The van der Waals surface area contributed by atoms with Crippen LogP contribution in [0.25, 0.3) is 0 Å². The van der Waals surface area contributed by atoms with Crippen molar-refractivity contribution in [2.75, 3.05) is 5.43 Å². The summed E-state index contributed by atoms with van der Waals surface area (Å²) in [5.41, 5.74) is 2.47. The van der Waals surface area contributed by atoms with E-state index in [0.717, 1.165) is 15.9 Å². The average Bonchev–Trinajstić information content (AvgIpc) is 2.84. The van der Waals surface area contributed by atoms with Crippen molar-refractivity contribution in [2.45, 2.75) is 10.9 Å². The van der Waals surface area contributed by atoms with E-state index in [9.17, 15) is 0 Å². The van der Waals surface area contributed by atoms with Crippen molar-refractivity contribution < 1.29 is 0 Å². The number of rotatable bonds is 4. The second-order valence-electron chi connectivity index (χ2n) is 2.75. The predicted octanol–water partition coefficient (Wildman–Crippen LogP) is 0.849. The van der Waals surface area contributed by atoms with Crippen LogP contribution in [0, 0.1) is 0 Å². The number of hydrogen-bond acceptors (Lipinski definition) is 7. The molecule has 0 bridgehead atoms. The van der Waals surface area contributed by atoms with Crippen molar-refractivity contribution in [1.29, 1.82) is 0 Å². The summed E-state index contributed by atoms with van der Waals surface area (Å²) in [6.45, 7) is 0. The number of hydrazine groups is 1. The van der Waals surface area contributed by atoms with E-state index in [1.807, 2.05) is 17.8 Å². The molecule has 6 nitrogen and oxygen atoms in total. The minimum absolute atomic E-state index is 0.630. The molecule has 0 aliphatic rings. The van der Waals surface area contributed by atoms with Gasteiger partial charge in [0.05, 0.1) is 5.75 Å². The van der Waals surface area contributed by atoms with Crippen LogP contribution in [0.5, 0.6) is 0 Å². The van der Waals surface area contributed by atoms with Gasteiger partial charge >= 0.3 is 0 Å². The van der Waals surface area contributed by atoms with Crippen LogP contribution in [0.4, 0.5) is 5.13 Å². The van der Waals surface area contributed by atoms with Crippen LogP contribution in [0.1, 0.15) is 5.01 Å². The first-order valence-electron chi connectivity index (χ1n) is 4.18. The van der Waals surface area contributed by atoms with Gasteiger partial charge in [0, 0.05) is 19.4 Å². The van der Waals surface area contributed by atoms with Gasteiger partial charge in [-0.3, -0.25) is 5.43 Å². The number of nitrogens with zero attached hydrogens (tertiary/aromatic N) is 4. The fourth-order valence-electron chi connectivity index (χ4n) is 0.988.